The maximum Gasteiger partial charge on any atom is 0.397 e. The van der Waals surface area contributed by atoms with Crippen LogP contribution in [0.15, 0.2) is 12.1 Å². The standard InChI is InChI=1S/C10H6Cl2F3NO3/c11-4-1-5(9(18)19)8(6(12)2-4)16-7(17)3-10(13,14)15/h1-2H,3H2,(H,16,17)(H,18,19). The maximum absolute atomic E-state index is 12.0. The van der Waals surface area contributed by atoms with Gasteiger partial charge in [0.1, 0.15) is 6.42 Å². The molecule has 0 heterocycles. The Labute approximate surface area is 115 Å². The summed E-state index contributed by atoms with van der Waals surface area (Å²) in [6.45, 7) is 0. The van der Waals surface area contributed by atoms with Crippen LogP contribution in [0.3, 0.4) is 0 Å². The van der Waals surface area contributed by atoms with Crippen LogP contribution in [0, 0.1) is 0 Å². The average Bonchev–Trinajstić information content (AvgIpc) is 2.18. The molecule has 0 aliphatic heterocycles. The van der Waals surface area contributed by atoms with Gasteiger partial charge in [-0.05, 0) is 12.1 Å². The van der Waals surface area contributed by atoms with Crippen LogP contribution in [0.5, 0.6) is 0 Å². The molecule has 0 saturated heterocycles. The number of halogens is 5. The lowest BCUT2D eigenvalue weighted by Crippen LogP contribution is -2.22. The number of carbonyl (C=O) groups is 2. The van der Waals surface area contributed by atoms with Crippen LogP contribution in [-0.2, 0) is 4.79 Å². The van der Waals surface area contributed by atoms with E-state index in [-0.39, 0.29) is 10.0 Å². The zero-order valence-corrected chi connectivity index (χ0v) is 10.5. The molecule has 0 aliphatic carbocycles. The predicted molar refractivity (Wildman–Crippen MR) is 62.7 cm³/mol. The lowest BCUT2D eigenvalue weighted by atomic mass is 10.1. The monoisotopic (exact) mass is 315 g/mol. The fourth-order valence-corrected chi connectivity index (χ4v) is 1.78. The molecule has 104 valence electrons. The second kappa shape index (κ2) is 5.66. The van der Waals surface area contributed by atoms with Gasteiger partial charge in [-0.15, -0.1) is 0 Å². The maximum atomic E-state index is 12.0. The first-order valence-corrected chi connectivity index (χ1v) is 5.44. The Kier molecular flexibility index (Phi) is 4.65. The van der Waals surface area contributed by atoms with Crippen LogP contribution in [0.4, 0.5) is 18.9 Å². The molecule has 0 spiro atoms. The van der Waals surface area contributed by atoms with Crippen molar-refractivity contribution in [3.05, 3.63) is 27.7 Å². The fraction of sp³-hybridized carbons (Fsp3) is 0.200. The summed E-state index contributed by atoms with van der Waals surface area (Å²) < 4.78 is 36.0. The molecule has 4 nitrogen and oxygen atoms in total. The molecule has 2 N–H and O–H groups in total. The van der Waals surface area contributed by atoms with Gasteiger partial charge in [-0.1, -0.05) is 23.2 Å². The molecule has 0 bridgehead atoms. The predicted octanol–water partition coefficient (Wildman–Crippen LogP) is 3.58. The Morgan fingerprint density at radius 2 is 1.84 bits per heavy atom. The number of amides is 1. The van der Waals surface area contributed by atoms with E-state index >= 15 is 0 Å². The van der Waals surface area contributed by atoms with Gasteiger partial charge in [-0.3, -0.25) is 4.79 Å². The highest BCUT2D eigenvalue weighted by atomic mass is 35.5. The smallest absolute Gasteiger partial charge is 0.397 e. The van der Waals surface area contributed by atoms with Crippen LogP contribution in [0.1, 0.15) is 16.8 Å². The van der Waals surface area contributed by atoms with E-state index < -0.39 is 35.7 Å². The van der Waals surface area contributed by atoms with Gasteiger partial charge in [-0.2, -0.15) is 13.2 Å². The van der Waals surface area contributed by atoms with E-state index in [4.69, 9.17) is 28.3 Å². The van der Waals surface area contributed by atoms with E-state index in [1.807, 2.05) is 5.32 Å². The first kappa shape index (κ1) is 15.6. The summed E-state index contributed by atoms with van der Waals surface area (Å²) in [5.41, 5.74) is -0.916. The number of hydrogen-bond acceptors (Lipinski definition) is 2. The van der Waals surface area contributed by atoms with Crippen LogP contribution in [0.2, 0.25) is 10.0 Å². The molecule has 0 radical (unpaired) electrons. The van der Waals surface area contributed by atoms with Crippen molar-refractivity contribution in [2.24, 2.45) is 0 Å². The van der Waals surface area contributed by atoms with E-state index in [1.165, 1.54) is 0 Å². The number of hydrogen-bond donors (Lipinski definition) is 2. The van der Waals surface area contributed by atoms with Gasteiger partial charge in [0.25, 0.3) is 0 Å². The van der Waals surface area contributed by atoms with Gasteiger partial charge in [0, 0.05) is 5.02 Å². The van der Waals surface area contributed by atoms with E-state index in [1.54, 1.807) is 0 Å². The first-order valence-electron chi connectivity index (χ1n) is 4.69. The molecule has 0 unspecified atom stereocenters. The summed E-state index contributed by atoms with van der Waals surface area (Å²) in [5.74, 6) is -2.90. The Hall–Kier alpha value is -1.47. The zero-order valence-electron chi connectivity index (χ0n) is 9.02. The quantitative estimate of drug-likeness (QED) is 0.895. The number of carboxylic acid groups (broad SMARTS) is 1. The molecule has 0 aromatic heterocycles. The summed E-state index contributed by atoms with van der Waals surface area (Å²) in [5, 5.41) is 10.4. The van der Waals surface area contributed by atoms with Gasteiger partial charge in [0.15, 0.2) is 0 Å². The molecule has 1 aromatic rings. The molecule has 0 saturated carbocycles. The van der Waals surface area contributed by atoms with E-state index in [0.29, 0.717) is 0 Å². The third-order valence-electron chi connectivity index (χ3n) is 1.91. The number of benzene rings is 1. The highest BCUT2D eigenvalue weighted by molar-refractivity contribution is 6.37. The SMILES string of the molecule is O=C(CC(F)(F)F)Nc1c(Cl)cc(Cl)cc1C(=O)O. The minimum Gasteiger partial charge on any atom is -0.478 e. The second-order valence-electron chi connectivity index (χ2n) is 3.46. The van der Waals surface area contributed by atoms with Gasteiger partial charge >= 0.3 is 12.1 Å². The number of carbonyl (C=O) groups excluding carboxylic acids is 1. The molecule has 0 aliphatic rings. The molecule has 19 heavy (non-hydrogen) atoms. The van der Waals surface area contributed by atoms with Crippen LogP contribution in [-0.4, -0.2) is 23.2 Å². The number of anilines is 1. The Morgan fingerprint density at radius 1 is 1.26 bits per heavy atom. The summed E-state index contributed by atoms with van der Waals surface area (Å²) in [6.07, 6.45) is -6.45. The lowest BCUT2D eigenvalue weighted by Gasteiger charge is -2.12. The van der Waals surface area contributed by atoms with Gasteiger partial charge in [0.2, 0.25) is 5.91 Å². The molecular weight excluding hydrogens is 310 g/mol. The van der Waals surface area contributed by atoms with Crippen molar-refractivity contribution >= 4 is 40.8 Å². The van der Waals surface area contributed by atoms with Gasteiger partial charge < -0.3 is 10.4 Å². The molecule has 1 rings (SSSR count). The van der Waals surface area contributed by atoms with Crippen molar-refractivity contribution in [3.8, 4) is 0 Å². The van der Waals surface area contributed by atoms with Crippen molar-refractivity contribution in [1.29, 1.82) is 0 Å². The summed E-state index contributed by atoms with van der Waals surface area (Å²) in [6, 6.07) is 2.08. The molecule has 0 fully saturated rings. The molecule has 9 heteroatoms. The first-order chi connectivity index (χ1) is 8.60. The second-order valence-corrected chi connectivity index (χ2v) is 4.30. The largest absolute Gasteiger partial charge is 0.478 e. The minimum atomic E-state index is -4.70. The highest BCUT2D eigenvalue weighted by Gasteiger charge is 2.32. The van der Waals surface area contributed by atoms with Gasteiger partial charge in [0.05, 0.1) is 16.3 Å². The normalized spacial score (nSPS) is 11.2. The fourth-order valence-electron chi connectivity index (χ4n) is 1.23. The Morgan fingerprint density at radius 3 is 2.32 bits per heavy atom. The van der Waals surface area contributed by atoms with Crippen molar-refractivity contribution in [3.63, 3.8) is 0 Å². The number of rotatable bonds is 3. The Bertz CT molecular complexity index is 531. The minimum absolute atomic E-state index is 0.0174. The van der Waals surface area contributed by atoms with Crippen molar-refractivity contribution in [1.82, 2.24) is 0 Å². The third kappa shape index (κ3) is 4.60. The summed E-state index contributed by atoms with van der Waals surface area (Å²) >= 11 is 11.2. The number of carboxylic acids is 1. The number of alkyl halides is 3. The van der Waals surface area contributed by atoms with Crippen LogP contribution >= 0.6 is 23.2 Å². The average molecular weight is 316 g/mol. The van der Waals surface area contributed by atoms with Crippen LogP contribution in [0.25, 0.3) is 0 Å². The summed E-state index contributed by atoms with van der Waals surface area (Å²) in [4.78, 5) is 22.0. The van der Waals surface area contributed by atoms with E-state index in [9.17, 15) is 22.8 Å². The molecule has 1 amide bonds. The molecule has 0 atom stereocenters. The lowest BCUT2D eigenvalue weighted by molar-refractivity contribution is -0.150. The third-order valence-corrected chi connectivity index (χ3v) is 2.43. The highest BCUT2D eigenvalue weighted by Crippen LogP contribution is 2.31. The van der Waals surface area contributed by atoms with Crippen molar-refractivity contribution < 1.29 is 27.9 Å². The number of aromatic carboxylic acids is 1. The zero-order chi connectivity index (χ0) is 14.8. The van der Waals surface area contributed by atoms with Crippen molar-refractivity contribution in [2.75, 3.05) is 5.32 Å². The topological polar surface area (TPSA) is 66.4 Å². The van der Waals surface area contributed by atoms with Gasteiger partial charge in [-0.25, -0.2) is 4.79 Å². The van der Waals surface area contributed by atoms with Crippen molar-refractivity contribution in [2.45, 2.75) is 12.6 Å². The molecular formula is C10H6Cl2F3NO3. The Balaban J connectivity index is 3.07. The number of nitrogens with one attached hydrogen (secondary N) is 1. The summed E-state index contributed by atoms with van der Waals surface area (Å²) in [7, 11) is 0. The molecule has 1 aromatic carbocycles. The van der Waals surface area contributed by atoms with E-state index in [0.717, 1.165) is 12.1 Å². The van der Waals surface area contributed by atoms with Crippen LogP contribution < -0.4 is 5.32 Å². The van der Waals surface area contributed by atoms with E-state index in [2.05, 4.69) is 0 Å².